The predicted molar refractivity (Wildman–Crippen MR) is 208 cm³/mol. The summed E-state index contributed by atoms with van der Waals surface area (Å²) in [6.45, 7) is 0. The molecule has 0 spiro atoms. The molecule has 0 amide bonds. The summed E-state index contributed by atoms with van der Waals surface area (Å²) in [4.78, 5) is 0. The second-order valence-electron chi connectivity index (χ2n) is 10.5. The predicted octanol–water partition coefficient (Wildman–Crippen LogP) is 13.7. The largest absolute Gasteiger partial charge is 0.456 e. The van der Waals surface area contributed by atoms with Crippen molar-refractivity contribution in [3.63, 3.8) is 0 Å². The molecule has 228 valence electrons. The van der Waals surface area contributed by atoms with Crippen LogP contribution in [-0.4, -0.2) is 0 Å². The van der Waals surface area contributed by atoms with Crippen molar-refractivity contribution < 1.29 is 45.5 Å². The Balaban J connectivity index is 1.39. The number of benzene rings is 9. The van der Waals surface area contributed by atoms with Gasteiger partial charge in [-0.05, 0) is 101 Å². The summed E-state index contributed by atoms with van der Waals surface area (Å²) in [6.07, 6.45) is 0. The van der Waals surface area contributed by atoms with Gasteiger partial charge in [-0.25, -0.2) is 0 Å². The van der Waals surface area contributed by atoms with Gasteiger partial charge in [0.15, 0.2) is 0 Å². The van der Waals surface area contributed by atoms with Crippen LogP contribution in [0.2, 0.25) is 0 Å². The molecule has 1 aromatic heterocycles. The van der Waals surface area contributed by atoms with Gasteiger partial charge in [0, 0.05) is 10.8 Å². The number of hydrogen-bond donors (Lipinski definition) is 0. The Morgan fingerprint density at radius 3 is 1.27 bits per heavy atom. The first-order valence-corrected chi connectivity index (χ1v) is 14.4. The van der Waals surface area contributed by atoms with Crippen molar-refractivity contribution in [3.05, 3.63) is 181 Å². The van der Waals surface area contributed by atoms with E-state index in [0.717, 1.165) is 0 Å². The van der Waals surface area contributed by atoms with Gasteiger partial charge in [0.2, 0.25) is 0 Å². The van der Waals surface area contributed by atoms with Gasteiger partial charge in [0.1, 0.15) is 11.2 Å². The molecular weight excluding hydrogens is 593 g/mol. The molecular formula is C48H30O. The lowest BCUT2D eigenvalue weighted by Crippen LogP contribution is -1.91. The highest BCUT2D eigenvalue weighted by atomic mass is 16.3. The van der Waals surface area contributed by atoms with Gasteiger partial charge in [0.05, 0.1) is 41.1 Å². The molecule has 0 aliphatic heterocycles. The number of hydrogen-bond acceptors (Lipinski definition) is 1. The van der Waals surface area contributed by atoms with Crippen molar-refractivity contribution in [1.82, 2.24) is 0 Å². The summed E-state index contributed by atoms with van der Waals surface area (Å²) in [7, 11) is 0. The first kappa shape index (κ1) is 11.1. The minimum absolute atomic E-state index is 0.457. The molecule has 0 atom stereocenters. The third-order valence-corrected chi connectivity index (χ3v) is 7.76. The summed E-state index contributed by atoms with van der Waals surface area (Å²) < 4.78 is 275. The van der Waals surface area contributed by atoms with E-state index in [9.17, 15) is 16.4 Å². The van der Waals surface area contributed by atoms with E-state index < -0.39 is 280 Å². The van der Waals surface area contributed by atoms with Crippen LogP contribution in [0.4, 0.5) is 0 Å². The lowest BCUT2D eigenvalue weighted by molar-refractivity contribution is 0.669. The van der Waals surface area contributed by atoms with Crippen molar-refractivity contribution in [2.75, 3.05) is 0 Å². The van der Waals surface area contributed by atoms with E-state index in [1.807, 2.05) is 0 Å². The highest BCUT2D eigenvalue weighted by molar-refractivity contribution is 6.22. The van der Waals surface area contributed by atoms with E-state index in [0.29, 0.717) is 0 Å². The van der Waals surface area contributed by atoms with Crippen LogP contribution < -0.4 is 0 Å². The Morgan fingerprint density at radius 2 is 0.694 bits per heavy atom. The molecule has 10 aromatic rings. The lowest BCUT2D eigenvalue weighted by Gasteiger charge is -2.18. The Kier molecular flexibility index (Phi) is 2.50. The molecule has 0 unspecified atom stereocenters. The van der Waals surface area contributed by atoms with Gasteiger partial charge in [-0.2, -0.15) is 0 Å². The average Bonchev–Trinajstić information content (AvgIpc) is 3.96. The maximum absolute atomic E-state index is 9.82. The zero-order valence-electron chi connectivity index (χ0n) is 54.4. The Labute approximate surface area is 326 Å². The van der Waals surface area contributed by atoms with Crippen LogP contribution in [0.25, 0.3) is 98.8 Å². The van der Waals surface area contributed by atoms with Crippen molar-refractivity contribution in [3.8, 4) is 44.5 Å². The van der Waals surface area contributed by atoms with Crippen LogP contribution in [0.1, 0.15) is 41.1 Å². The summed E-state index contributed by atoms with van der Waals surface area (Å²) in [5.74, 6) is 0. The van der Waals surface area contributed by atoms with Gasteiger partial charge in [-0.15, -0.1) is 0 Å². The fourth-order valence-corrected chi connectivity index (χ4v) is 5.61. The van der Waals surface area contributed by atoms with Gasteiger partial charge in [-0.3, -0.25) is 0 Å². The lowest BCUT2D eigenvalue weighted by atomic mass is 9.85. The van der Waals surface area contributed by atoms with Crippen molar-refractivity contribution in [2.24, 2.45) is 0 Å². The van der Waals surface area contributed by atoms with E-state index >= 15 is 0 Å². The van der Waals surface area contributed by atoms with Crippen LogP contribution in [0, 0.1) is 0 Å². The molecule has 0 saturated heterocycles. The molecule has 0 aliphatic rings. The Bertz CT molecular complexity index is 4430. The standard InChI is InChI=1S/C48H30O/c1-2-10-31(11-3-1)32-18-20-33(21-19-32)34-22-24-35(25-23-34)47-39-14-6-8-16-41(39)48(42-17-9-7-15-40(42)47)38-26-27-45-43(29-38)44-28-36-12-4-5-13-37(36)30-46(44)49-45/h1-30H/i1D,2D,3D,4D,5D,6D,7D,8D,9D,10D,11D,12D,13D,14D,15D,16D,17D,18D,19D,20D,21D,22D,23D,24D,25D,26D,27D,28D,29D,30D. The van der Waals surface area contributed by atoms with E-state index in [1.165, 1.54) is 0 Å². The van der Waals surface area contributed by atoms with Gasteiger partial charge < -0.3 is 4.42 Å². The zero-order chi connectivity index (χ0) is 58.4. The second kappa shape index (κ2) is 11.1. The molecule has 0 saturated carbocycles. The molecule has 10 rings (SSSR count). The van der Waals surface area contributed by atoms with E-state index in [1.54, 1.807) is 0 Å². The average molecular weight is 653 g/mol. The van der Waals surface area contributed by atoms with E-state index in [4.69, 9.17) is 29.1 Å². The molecule has 0 bridgehead atoms. The van der Waals surface area contributed by atoms with Crippen molar-refractivity contribution in [1.29, 1.82) is 0 Å². The molecule has 1 nitrogen and oxygen atoms in total. The topological polar surface area (TPSA) is 13.1 Å². The molecule has 0 fully saturated rings. The Morgan fingerprint density at radius 1 is 0.286 bits per heavy atom. The third kappa shape index (κ3) is 4.55. The molecule has 49 heavy (non-hydrogen) atoms. The molecule has 0 aliphatic carbocycles. The van der Waals surface area contributed by atoms with E-state index in [-0.39, 0.29) is 0 Å². The molecule has 0 N–H and O–H groups in total. The summed E-state index contributed by atoms with van der Waals surface area (Å²) in [5.41, 5.74) is -7.66. The van der Waals surface area contributed by atoms with Crippen LogP contribution in [-0.2, 0) is 0 Å². The third-order valence-electron chi connectivity index (χ3n) is 7.76. The second-order valence-corrected chi connectivity index (χ2v) is 10.5. The van der Waals surface area contributed by atoms with Gasteiger partial charge in [-0.1, -0.05) is 157 Å². The molecule has 0 radical (unpaired) electrons. The van der Waals surface area contributed by atoms with E-state index in [2.05, 4.69) is 0 Å². The highest BCUT2D eigenvalue weighted by Gasteiger charge is 2.18. The first-order valence-electron chi connectivity index (χ1n) is 29.4. The maximum atomic E-state index is 9.82. The van der Waals surface area contributed by atoms with Crippen LogP contribution in [0.3, 0.4) is 0 Å². The summed E-state index contributed by atoms with van der Waals surface area (Å²) in [5, 5.41) is -5.04. The molecule has 9 aromatic carbocycles. The quantitative estimate of drug-likeness (QED) is 0.172. The molecule has 1 heterocycles. The maximum Gasteiger partial charge on any atom is 0.136 e. The Hall–Kier alpha value is -6.44. The highest BCUT2D eigenvalue weighted by Crippen LogP contribution is 2.45. The smallest absolute Gasteiger partial charge is 0.136 e. The number of furan rings is 1. The molecule has 1 heteroatoms. The number of rotatable bonds is 4. The first-order chi connectivity index (χ1) is 36.8. The summed E-state index contributed by atoms with van der Waals surface area (Å²) in [6, 6.07) is -28.4. The minimum Gasteiger partial charge on any atom is -0.456 e. The van der Waals surface area contributed by atoms with Gasteiger partial charge in [0.25, 0.3) is 0 Å². The fraction of sp³-hybridized carbons (Fsp3) is 0. The fourth-order valence-electron chi connectivity index (χ4n) is 5.61. The van der Waals surface area contributed by atoms with Crippen LogP contribution >= 0.6 is 0 Å². The van der Waals surface area contributed by atoms with Gasteiger partial charge >= 0.3 is 0 Å². The normalized spacial score (nSPS) is 20.2. The summed E-state index contributed by atoms with van der Waals surface area (Å²) >= 11 is 0. The monoisotopic (exact) mass is 652 g/mol. The van der Waals surface area contributed by atoms with Crippen molar-refractivity contribution in [2.45, 2.75) is 0 Å². The van der Waals surface area contributed by atoms with Crippen LogP contribution in [0.15, 0.2) is 186 Å². The minimum atomic E-state index is -1.14. The van der Waals surface area contributed by atoms with Crippen molar-refractivity contribution >= 4 is 54.3 Å². The SMILES string of the molecule is [2H]c1c([2H])c([2H])c(-c2c([2H])c([2H])c(-c3c([2H])c([2H])c(-c4c5c([2H])c([2H])c([2H])c([2H])c5c(-c5c([2H])c([2H])c6oc7c([2H])c8c([2H])c([2H])c([2H])c([2H])c8c([2H])c7c6c5[2H])c5c([2H])c([2H])c([2H])c([2H])c45)c([2H])c3[2H])c([2H])c2[2H])c([2H])c1[2H]. The number of fused-ring (bicyclic) bond motifs is 6. The van der Waals surface area contributed by atoms with Crippen LogP contribution in [0.5, 0.6) is 0 Å². The zero-order valence-corrected chi connectivity index (χ0v) is 24.4.